The van der Waals surface area contributed by atoms with Crippen LogP contribution in [0.4, 0.5) is 0 Å². The van der Waals surface area contributed by atoms with E-state index < -0.39 is 23.8 Å². The fraction of sp³-hybridized carbons (Fsp3) is 0.762. The molecule has 0 amide bonds. The Morgan fingerprint density at radius 1 is 0.852 bits per heavy atom. The highest BCUT2D eigenvalue weighted by atomic mass is 16.6. The number of ether oxygens (including phenoxy) is 3. The van der Waals surface area contributed by atoms with Gasteiger partial charge < -0.3 is 14.2 Å². The Kier molecular flexibility index (Phi) is 8.32. The molecule has 6 heteroatoms. The van der Waals surface area contributed by atoms with Gasteiger partial charge in [0.1, 0.15) is 19.3 Å². The number of rotatable bonds is 7. The zero-order chi connectivity index (χ0) is 19.8. The van der Waals surface area contributed by atoms with Crippen LogP contribution in [0, 0.1) is 17.8 Å². The minimum Gasteiger partial charge on any atom is -0.462 e. The van der Waals surface area contributed by atoms with Crippen molar-refractivity contribution in [3.63, 3.8) is 0 Å². The first-order chi connectivity index (χ1) is 12.9. The second-order valence-electron chi connectivity index (χ2n) is 7.82. The van der Waals surface area contributed by atoms with Crippen molar-refractivity contribution in [2.45, 2.75) is 71.3 Å². The van der Waals surface area contributed by atoms with Gasteiger partial charge in [0.25, 0.3) is 0 Å². The van der Waals surface area contributed by atoms with Gasteiger partial charge in [-0.25, -0.2) is 4.79 Å². The summed E-state index contributed by atoms with van der Waals surface area (Å²) in [5.74, 6) is -1.70. The number of hydrogen-bond acceptors (Lipinski definition) is 6. The molecule has 2 fully saturated rings. The van der Waals surface area contributed by atoms with Gasteiger partial charge >= 0.3 is 17.9 Å². The van der Waals surface area contributed by atoms with E-state index in [-0.39, 0.29) is 25.3 Å². The van der Waals surface area contributed by atoms with Crippen molar-refractivity contribution >= 4 is 17.9 Å². The molecule has 4 atom stereocenters. The number of carbonyl (C=O) groups excluding carboxylic acids is 3. The van der Waals surface area contributed by atoms with E-state index in [0.717, 1.165) is 32.1 Å². The van der Waals surface area contributed by atoms with Crippen LogP contribution in [-0.4, -0.2) is 37.2 Å². The van der Waals surface area contributed by atoms with E-state index in [2.05, 4.69) is 13.5 Å². The Hall–Kier alpha value is -1.85. The minimum atomic E-state index is -0.508. The molecule has 27 heavy (non-hydrogen) atoms. The van der Waals surface area contributed by atoms with E-state index in [9.17, 15) is 14.4 Å². The molecule has 0 aromatic carbocycles. The van der Waals surface area contributed by atoms with Crippen LogP contribution < -0.4 is 0 Å². The van der Waals surface area contributed by atoms with Crippen LogP contribution in [0.15, 0.2) is 12.2 Å². The number of hydrogen-bond donors (Lipinski definition) is 0. The quantitative estimate of drug-likeness (QED) is 0.291. The summed E-state index contributed by atoms with van der Waals surface area (Å²) in [6.07, 6.45) is 7.32. The lowest BCUT2D eigenvalue weighted by molar-refractivity contribution is -0.169. The third kappa shape index (κ3) is 6.36. The minimum absolute atomic E-state index is 0.0150. The summed E-state index contributed by atoms with van der Waals surface area (Å²) in [7, 11) is 0. The largest absolute Gasteiger partial charge is 0.462 e. The molecular weight excluding hydrogens is 348 g/mol. The summed E-state index contributed by atoms with van der Waals surface area (Å²) >= 11 is 0. The van der Waals surface area contributed by atoms with Gasteiger partial charge in [0, 0.05) is 5.57 Å². The second-order valence-corrected chi connectivity index (χ2v) is 7.82. The maximum atomic E-state index is 12.7. The molecule has 0 N–H and O–H groups in total. The fourth-order valence-corrected chi connectivity index (χ4v) is 3.90. The molecule has 2 aliphatic carbocycles. The topological polar surface area (TPSA) is 78.9 Å². The highest BCUT2D eigenvalue weighted by molar-refractivity contribution is 5.87. The van der Waals surface area contributed by atoms with Crippen LogP contribution in [0.2, 0.25) is 0 Å². The van der Waals surface area contributed by atoms with Crippen LogP contribution in [0.25, 0.3) is 0 Å². The van der Waals surface area contributed by atoms with Gasteiger partial charge in [-0.3, -0.25) is 9.59 Å². The molecule has 2 saturated carbocycles. The summed E-state index contributed by atoms with van der Waals surface area (Å²) < 4.78 is 16.0. The molecule has 0 aromatic heterocycles. The first kappa shape index (κ1) is 21.5. The van der Waals surface area contributed by atoms with E-state index in [1.165, 1.54) is 6.42 Å². The lowest BCUT2D eigenvalue weighted by Crippen LogP contribution is -2.38. The average molecular weight is 380 g/mol. The van der Waals surface area contributed by atoms with E-state index in [4.69, 9.17) is 14.2 Å². The maximum absolute atomic E-state index is 12.7. The number of carbonyl (C=O) groups is 3. The van der Waals surface area contributed by atoms with E-state index in [1.54, 1.807) is 6.92 Å². The van der Waals surface area contributed by atoms with Crippen molar-refractivity contribution in [3.8, 4) is 0 Å². The predicted molar refractivity (Wildman–Crippen MR) is 99.7 cm³/mol. The van der Waals surface area contributed by atoms with Gasteiger partial charge in [0.15, 0.2) is 0 Å². The average Bonchev–Trinajstić information content (AvgIpc) is 2.66. The standard InChI is InChI=1S/C21H32O6/c1-14(2)19(22)25-12-13-26-20(23)16-9-5-6-10-17(16)21(24)27-18-11-7-4-8-15(18)3/h15-18H,1,4-13H2,2-3H3. The Morgan fingerprint density at radius 2 is 1.41 bits per heavy atom. The van der Waals surface area contributed by atoms with Crippen LogP contribution in [0.3, 0.4) is 0 Å². The summed E-state index contributed by atoms with van der Waals surface area (Å²) in [6, 6.07) is 0. The summed E-state index contributed by atoms with van der Waals surface area (Å²) in [5.41, 5.74) is 0.299. The van der Waals surface area contributed by atoms with Crippen molar-refractivity contribution in [2.24, 2.45) is 17.8 Å². The van der Waals surface area contributed by atoms with Crippen LogP contribution in [0.1, 0.15) is 65.2 Å². The molecular formula is C21H32O6. The molecule has 0 heterocycles. The normalized spacial score (nSPS) is 28.1. The Labute approximate surface area is 161 Å². The van der Waals surface area contributed by atoms with Crippen LogP contribution in [-0.2, 0) is 28.6 Å². The maximum Gasteiger partial charge on any atom is 0.333 e. The summed E-state index contributed by atoms with van der Waals surface area (Å²) in [6.45, 7) is 7.13. The van der Waals surface area contributed by atoms with Gasteiger partial charge in [-0.15, -0.1) is 0 Å². The summed E-state index contributed by atoms with van der Waals surface area (Å²) in [5, 5.41) is 0. The first-order valence-electron chi connectivity index (χ1n) is 10.1. The van der Waals surface area contributed by atoms with E-state index in [0.29, 0.717) is 24.3 Å². The molecule has 0 radical (unpaired) electrons. The molecule has 0 spiro atoms. The lowest BCUT2D eigenvalue weighted by atomic mass is 9.79. The van der Waals surface area contributed by atoms with Crippen molar-refractivity contribution in [3.05, 3.63) is 12.2 Å². The molecule has 4 unspecified atom stereocenters. The Bertz CT molecular complexity index is 555. The molecule has 0 aliphatic heterocycles. The number of esters is 3. The molecule has 2 rings (SSSR count). The Balaban J connectivity index is 1.83. The monoisotopic (exact) mass is 380 g/mol. The summed E-state index contributed by atoms with van der Waals surface area (Å²) in [4.78, 5) is 36.5. The van der Waals surface area contributed by atoms with Crippen molar-refractivity contribution < 1.29 is 28.6 Å². The van der Waals surface area contributed by atoms with Crippen molar-refractivity contribution in [1.82, 2.24) is 0 Å². The molecule has 0 saturated heterocycles. The van der Waals surface area contributed by atoms with Crippen molar-refractivity contribution in [2.75, 3.05) is 13.2 Å². The second kappa shape index (κ2) is 10.5. The van der Waals surface area contributed by atoms with Gasteiger partial charge in [0.2, 0.25) is 0 Å². The highest BCUT2D eigenvalue weighted by Crippen LogP contribution is 2.34. The molecule has 6 nitrogen and oxygen atoms in total. The van der Waals surface area contributed by atoms with E-state index >= 15 is 0 Å². The van der Waals surface area contributed by atoms with Gasteiger partial charge in [-0.05, 0) is 44.9 Å². The van der Waals surface area contributed by atoms with Crippen molar-refractivity contribution in [1.29, 1.82) is 0 Å². The van der Waals surface area contributed by atoms with Gasteiger partial charge in [-0.1, -0.05) is 32.8 Å². The Morgan fingerprint density at radius 3 is 2.04 bits per heavy atom. The van der Waals surface area contributed by atoms with Gasteiger partial charge in [-0.2, -0.15) is 0 Å². The predicted octanol–water partition coefficient (Wildman–Crippen LogP) is 3.58. The molecule has 0 bridgehead atoms. The van der Waals surface area contributed by atoms with Gasteiger partial charge in [0.05, 0.1) is 11.8 Å². The zero-order valence-electron chi connectivity index (χ0n) is 16.5. The van der Waals surface area contributed by atoms with Crippen LogP contribution in [0.5, 0.6) is 0 Å². The third-order valence-corrected chi connectivity index (χ3v) is 5.58. The zero-order valence-corrected chi connectivity index (χ0v) is 16.5. The smallest absolute Gasteiger partial charge is 0.333 e. The SMILES string of the molecule is C=C(C)C(=O)OCCOC(=O)C1CCCCC1C(=O)OC1CCCCC1C. The fourth-order valence-electron chi connectivity index (χ4n) is 3.90. The molecule has 0 aromatic rings. The van der Waals surface area contributed by atoms with E-state index in [1.807, 2.05) is 0 Å². The third-order valence-electron chi connectivity index (χ3n) is 5.58. The van der Waals surface area contributed by atoms with Crippen LogP contribution >= 0.6 is 0 Å². The first-order valence-corrected chi connectivity index (χ1v) is 10.1. The molecule has 2 aliphatic rings. The lowest BCUT2D eigenvalue weighted by Gasteiger charge is -2.33. The molecule has 152 valence electrons. The highest BCUT2D eigenvalue weighted by Gasteiger charge is 2.39.